The van der Waals surface area contributed by atoms with Crippen molar-refractivity contribution in [1.29, 1.82) is 0 Å². The van der Waals surface area contributed by atoms with Crippen molar-refractivity contribution in [3.8, 4) is 11.5 Å². The number of benzene rings is 2. The van der Waals surface area contributed by atoms with E-state index >= 15 is 0 Å². The van der Waals surface area contributed by atoms with Gasteiger partial charge in [-0.15, -0.1) is 0 Å². The lowest BCUT2D eigenvalue weighted by Crippen LogP contribution is -2.02. The van der Waals surface area contributed by atoms with E-state index in [4.69, 9.17) is 16.3 Å². The highest BCUT2D eigenvalue weighted by Crippen LogP contribution is 2.39. The van der Waals surface area contributed by atoms with Gasteiger partial charge in [0.05, 0.1) is 9.95 Å². The minimum atomic E-state index is -1.23. The Morgan fingerprint density at radius 3 is 2.57 bits per heavy atom. The molecule has 0 aliphatic carbocycles. The zero-order chi connectivity index (χ0) is 15.6. The molecular formula is C13H7BrClNO5. The fourth-order valence-corrected chi connectivity index (χ4v) is 2.37. The number of para-hydroxylation sites is 1. The molecule has 0 amide bonds. The Morgan fingerprint density at radius 2 is 1.95 bits per heavy atom. The Morgan fingerprint density at radius 1 is 1.29 bits per heavy atom. The summed E-state index contributed by atoms with van der Waals surface area (Å²) in [5.74, 6) is -1.48. The third kappa shape index (κ3) is 3.14. The molecule has 0 heterocycles. The summed E-state index contributed by atoms with van der Waals surface area (Å²) in [6.07, 6.45) is 0. The van der Waals surface area contributed by atoms with Gasteiger partial charge < -0.3 is 9.84 Å². The van der Waals surface area contributed by atoms with E-state index in [-0.39, 0.29) is 27.8 Å². The van der Waals surface area contributed by atoms with E-state index in [9.17, 15) is 20.0 Å². The maximum absolute atomic E-state index is 11.3. The molecule has 0 aliphatic rings. The van der Waals surface area contributed by atoms with E-state index in [0.29, 0.717) is 4.47 Å². The molecule has 0 aromatic heterocycles. The van der Waals surface area contributed by atoms with Crippen LogP contribution in [0.2, 0.25) is 5.02 Å². The van der Waals surface area contributed by atoms with Crippen molar-refractivity contribution in [2.75, 3.05) is 0 Å². The van der Waals surface area contributed by atoms with Crippen LogP contribution < -0.4 is 4.74 Å². The molecule has 0 unspecified atom stereocenters. The topological polar surface area (TPSA) is 89.7 Å². The number of nitrogens with zero attached hydrogens (tertiary/aromatic N) is 1. The van der Waals surface area contributed by atoms with Gasteiger partial charge in [0.2, 0.25) is 5.75 Å². The van der Waals surface area contributed by atoms with Gasteiger partial charge in [-0.25, -0.2) is 4.79 Å². The summed E-state index contributed by atoms with van der Waals surface area (Å²) in [4.78, 5) is 21.6. The van der Waals surface area contributed by atoms with E-state index in [1.807, 2.05) is 0 Å². The van der Waals surface area contributed by atoms with Crippen LogP contribution in [0.4, 0.5) is 5.69 Å². The number of hydrogen-bond donors (Lipinski definition) is 1. The van der Waals surface area contributed by atoms with Crippen molar-refractivity contribution in [3.05, 3.63) is 61.6 Å². The number of halogens is 2. The molecular weight excluding hydrogens is 366 g/mol. The van der Waals surface area contributed by atoms with E-state index in [1.54, 1.807) is 6.07 Å². The molecule has 108 valence electrons. The molecule has 21 heavy (non-hydrogen) atoms. The number of hydrogen-bond acceptors (Lipinski definition) is 4. The standard InChI is InChI=1S/C13H7BrClNO5/c14-7-3-1-6-10(11(7)13(17)18)21-12-8(15)4-2-5-9(12)16(19)20/h1-6H,(H,17,18). The molecule has 2 aromatic rings. The van der Waals surface area contributed by atoms with Crippen molar-refractivity contribution >= 4 is 39.2 Å². The summed E-state index contributed by atoms with van der Waals surface area (Å²) >= 11 is 9.01. The highest BCUT2D eigenvalue weighted by atomic mass is 79.9. The number of aromatic carboxylic acids is 1. The van der Waals surface area contributed by atoms with Crippen LogP contribution in [-0.4, -0.2) is 16.0 Å². The quantitative estimate of drug-likeness (QED) is 0.630. The van der Waals surface area contributed by atoms with E-state index < -0.39 is 10.9 Å². The summed E-state index contributed by atoms with van der Waals surface area (Å²) in [6, 6.07) is 8.52. The smallest absolute Gasteiger partial charge is 0.340 e. The average molecular weight is 373 g/mol. The SMILES string of the molecule is O=C(O)c1c(Br)cccc1Oc1c(Cl)cccc1[N+](=O)[O-]. The summed E-state index contributed by atoms with van der Waals surface area (Å²) in [5.41, 5.74) is -0.495. The molecule has 0 radical (unpaired) electrons. The molecule has 1 N–H and O–H groups in total. The molecule has 2 aromatic carbocycles. The number of nitro groups is 1. The first-order valence-electron chi connectivity index (χ1n) is 5.54. The Labute approximate surface area is 132 Å². The maximum Gasteiger partial charge on any atom is 0.340 e. The monoisotopic (exact) mass is 371 g/mol. The van der Waals surface area contributed by atoms with Crippen LogP contribution in [0.15, 0.2) is 40.9 Å². The zero-order valence-electron chi connectivity index (χ0n) is 10.2. The third-order valence-electron chi connectivity index (χ3n) is 2.54. The first-order chi connectivity index (χ1) is 9.91. The van der Waals surface area contributed by atoms with Gasteiger partial charge in [0.25, 0.3) is 0 Å². The molecule has 0 spiro atoms. The zero-order valence-corrected chi connectivity index (χ0v) is 12.6. The van der Waals surface area contributed by atoms with Gasteiger partial charge in [-0.05, 0) is 34.1 Å². The minimum absolute atomic E-state index is 0.0144. The van der Waals surface area contributed by atoms with Crippen molar-refractivity contribution in [2.45, 2.75) is 0 Å². The number of nitro benzene ring substituents is 1. The normalized spacial score (nSPS) is 10.2. The number of ether oxygens (including phenoxy) is 1. The Hall–Kier alpha value is -2.12. The summed E-state index contributed by atoms with van der Waals surface area (Å²) < 4.78 is 5.68. The van der Waals surface area contributed by atoms with Crippen molar-refractivity contribution in [2.24, 2.45) is 0 Å². The number of carboxylic acids is 1. The Kier molecular flexibility index (Phi) is 4.44. The van der Waals surface area contributed by atoms with Gasteiger partial charge in [0.15, 0.2) is 0 Å². The Bertz CT molecular complexity index is 734. The second kappa shape index (κ2) is 6.11. The molecule has 0 fully saturated rings. The first-order valence-corrected chi connectivity index (χ1v) is 6.71. The second-order valence-corrected chi connectivity index (χ2v) is 5.13. The molecule has 0 aliphatic heterocycles. The molecule has 0 saturated heterocycles. The molecule has 6 nitrogen and oxygen atoms in total. The van der Waals surface area contributed by atoms with Crippen LogP contribution >= 0.6 is 27.5 Å². The fourth-order valence-electron chi connectivity index (χ4n) is 1.65. The lowest BCUT2D eigenvalue weighted by Gasteiger charge is -2.11. The molecule has 0 bridgehead atoms. The van der Waals surface area contributed by atoms with Gasteiger partial charge in [-0.3, -0.25) is 10.1 Å². The molecule has 2 rings (SSSR count). The van der Waals surface area contributed by atoms with E-state index in [2.05, 4.69) is 15.9 Å². The number of rotatable bonds is 4. The largest absolute Gasteiger partial charge is 0.478 e. The predicted octanol–water partition coefficient (Wildman–Crippen LogP) is 4.50. The predicted molar refractivity (Wildman–Crippen MR) is 79.3 cm³/mol. The van der Waals surface area contributed by atoms with Crippen LogP contribution in [-0.2, 0) is 0 Å². The maximum atomic E-state index is 11.3. The molecule has 8 heteroatoms. The lowest BCUT2D eigenvalue weighted by atomic mass is 10.2. The van der Waals surface area contributed by atoms with Crippen LogP contribution in [0.1, 0.15) is 10.4 Å². The molecule has 0 saturated carbocycles. The summed E-state index contributed by atoms with van der Waals surface area (Å²) in [6.45, 7) is 0. The Balaban J connectivity index is 2.56. The lowest BCUT2D eigenvalue weighted by molar-refractivity contribution is -0.385. The van der Waals surface area contributed by atoms with E-state index in [0.717, 1.165) is 0 Å². The second-order valence-electron chi connectivity index (χ2n) is 3.87. The van der Waals surface area contributed by atoms with Gasteiger partial charge in [0.1, 0.15) is 11.3 Å². The highest BCUT2D eigenvalue weighted by molar-refractivity contribution is 9.10. The van der Waals surface area contributed by atoms with Crippen molar-refractivity contribution in [1.82, 2.24) is 0 Å². The van der Waals surface area contributed by atoms with Gasteiger partial charge >= 0.3 is 11.7 Å². The summed E-state index contributed by atoms with van der Waals surface area (Å²) in [7, 11) is 0. The van der Waals surface area contributed by atoms with Crippen LogP contribution in [0.3, 0.4) is 0 Å². The molecule has 0 atom stereocenters. The van der Waals surface area contributed by atoms with Crippen LogP contribution in [0.5, 0.6) is 11.5 Å². The van der Waals surface area contributed by atoms with Crippen LogP contribution in [0.25, 0.3) is 0 Å². The highest BCUT2D eigenvalue weighted by Gasteiger charge is 2.22. The third-order valence-corrected chi connectivity index (χ3v) is 3.50. The van der Waals surface area contributed by atoms with Gasteiger partial charge in [0, 0.05) is 10.5 Å². The van der Waals surface area contributed by atoms with Gasteiger partial charge in [-0.1, -0.05) is 23.7 Å². The van der Waals surface area contributed by atoms with Crippen molar-refractivity contribution < 1.29 is 19.6 Å². The number of carbonyl (C=O) groups is 1. The van der Waals surface area contributed by atoms with Crippen molar-refractivity contribution in [3.63, 3.8) is 0 Å². The first kappa shape index (κ1) is 15.3. The minimum Gasteiger partial charge on any atom is -0.478 e. The van der Waals surface area contributed by atoms with Crippen LogP contribution in [0, 0.1) is 10.1 Å². The summed E-state index contributed by atoms with van der Waals surface area (Å²) in [5, 5.41) is 20.2. The van der Waals surface area contributed by atoms with Gasteiger partial charge in [-0.2, -0.15) is 0 Å². The fraction of sp³-hybridized carbons (Fsp3) is 0. The average Bonchev–Trinajstić information content (AvgIpc) is 2.40. The number of carboxylic acid groups (broad SMARTS) is 1. The van der Waals surface area contributed by atoms with E-state index in [1.165, 1.54) is 30.3 Å².